The molecule has 3 N–H and O–H groups in total. The van der Waals surface area contributed by atoms with Crippen LogP contribution in [0.15, 0.2) is 18.2 Å². The minimum Gasteiger partial charge on any atom is -0.392 e. The summed E-state index contributed by atoms with van der Waals surface area (Å²) in [6, 6.07) is 6.83. The van der Waals surface area contributed by atoms with E-state index in [-0.39, 0.29) is 6.10 Å². The maximum Gasteiger partial charge on any atom is 0.0668 e. The smallest absolute Gasteiger partial charge is 0.0668 e. The van der Waals surface area contributed by atoms with Gasteiger partial charge in [-0.25, -0.2) is 0 Å². The Kier molecular flexibility index (Phi) is 4.19. The number of benzene rings is 1. The molecule has 0 aromatic heterocycles. The van der Waals surface area contributed by atoms with Crippen LogP contribution >= 0.6 is 0 Å². The van der Waals surface area contributed by atoms with Crippen molar-refractivity contribution in [2.45, 2.75) is 51.0 Å². The lowest BCUT2D eigenvalue weighted by Crippen LogP contribution is -2.21. The molecular formula is C15H23NO. The van der Waals surface area contributed by atoms with Gasteiger partial charge in [-0.1, -0.05) is 25.1 Å². The van der Waals surface area contributed by atoms with Crippen molar-refractivity contribution in [1.82, 2.24) is 0 Å². The van der Waals surface area contributed by atoms with Gasteiger partial charge in [0.05, 0.1) is 6.10 Å². The van der Waals surface area contributed by atoms with Crippen molar-refractivity contribution in [2.75, 3.05) is 6.54 Å². The van der Waals surface area contributed by atoms with Crippen LogP contribution in [0.3, 0.4) is 0 Å². The number of nitrogens with two attached hydrogens (primary N) is 1. The van der Waals surface area contributed by atoms with Crippen LogP contribution in [0.25, 0.3) is 0 Å². The molecule has 1 aromatic carbocycles. The van der Waals surface area contributed by atoms with Crippen molar-refractivity contribution in [2.24, 2.45) is 5.73 Å². The Morgan fingerprint density at radius 2 is 1.94 bits per heavy atom. The summed E-state index contributed by atoms with van der Waals surface area (Å²) < 4.78 is 0. The molecular weight excluding hydrogens is 210 g/mol. The highest BCUT2D eigenvalue weighted by Gasteiger charge is 2.14. The Morgan fingerprint density at radius 1 is 1.24 bits per heavy atom. The Bertz CT molecular complexity index is 375. The van der Waals surface area contributed by atoms with Crippen LogP contribution in [0.5, 0.6) is 0 Å². The minimum absolute atomic E-state index is 0.356. The number of hydrogen-bond donors (Lipinski definition) is 2. The highest BCUT2D eigenvalue weighted by Crippen LogP contribution is 2.27. The molecule has 17 heavy (non-hydrogen) atoms. The van der Waals surface area contributed by atoms with Crippen molar-refractivity contribution in [1.29, 1.82) is 0 Å². The highest BCUT2D eigenvalue weighted by molar-refractivity contribution is 5.35. The first kappa shape index (κ1) is 12.6. The van der Waals surface area contributed by atoms with Gasteiger partial charge >= 0.3 is 0 Å². The molecule has 94 valence electrons. The molecule has 1 aliphatic rings. The van der Waals surface area contributed by atoms with E-state index in [1.807, 2.05) is 0 Å². The van der Waals surface area contributed by atoms with Crippen LogP contribution in [0.4, 0.5) is 0 Å². The summed E-state index contributed by atoms with van der Waals surface area (Å²) in [4.78, 5) is 0. The molecule has 2 heteroatoms. The SMILES string of the molecule is CC(CC(O)CN)c1ccc2c(c1)CCCC2. The van der Waals surface area contributed by atoms with Crippen LogP contribution in [-0.4, -0.2) is 17.8 Å². The zero-order valence-corrected chi connectivity index (χ0v) is 10.7. The summed E-state index contributed by atoms with van der Waals surface area (Å²) >= 11 is 0. The minimum atomic E-state index is -0.374. The monoisotopic (exact) mass is 233 g/mol. The van der Waals surface area contributed by atoms with Crippen molar-refractivity contribution in [3.05, 3.63) is 34.9 Å². The number of aliphatic hydroxyl groups is 1. The lowest BCUT2D eigenvalue weighted by atomic mass is 9.86. The van der Waals surface area contributed by atoms with Crippen molar-refractivity contribution in [3.8, 4) is 0 Å². The number of aryl methyl sites for hydroxylation is 2. The summed E-state index contributed by atoms with van der Waals surface area (Å²) in [5.74, 6) is 0.390. The molecule has 0 saturated carbocycles. The number of fused-ring (bicyclic) bond motifs is 1. The van der Waals surface area contributed by atoms with E-state index in [0.29, 0.717) is 12.5 Å². The van der Waals surface area contributed by atoms with Crippen LogP contribution < -0.4 is 5.73 Å². The van der Waals surface area contributed by atoms with Gasteiger partial charge in [0.25, 0.3) is 0 Å². The van der Waals surface area contributed by atoms with E-state index in [4.69, 9.17) is 5.73 Å². The van der Waals surface area contributed by atoms with E-state index in [1.54, 1.807) is 0 Å². The van der Waals surface area contributed by atoms with Crippen LogP contribution in [0.2, 0.25) is 0 Å². The molecule has 0 fully saturated rings. The third-order valence-electron chi connectivity index (χ3n) is 3.84. The molecule has 2 atom stereocenters. The fourth-order valence-electron chi connectivity index (χ4n) is 2.70. The quantitative estimate of drug-likeness (QED) is 0.838. The third kappa shape index (κ3) is 3.08. The average molecular weight is 233 g/mol. The van der Waals surface area contributed by atoms with Gasteiger partial charge in [-0.15, -0.1) is 0 Å². The Hall–Kier alpha value is -0.860. The van der Waals surface area contributed by atoms with Gasteiger partial charge in [-0.05, 0) is 54.7 Å². The molecule has 0 heterocycles. The van der Waals surface area contributed by atoms with Crippen molar-refractivity contribution in [3.63, 3.8) is 0 Å². The predicted molar refractivity (Wildman–Crippen MR) is 71.2 cm³/mol. The molecule has 0 aliphatic heterocycles. The van der Waals surface area contributed by atoms with Crippen molar-refractivity contribution >= 4 is 0 Å². The third-order valence-corrected chi connectivity index (χ3v) is 3.84. The predicted octanol–water partition coefficient (Wildman–Crippen LogP) is 2.38. The molecule has 0 saturated heterocycles. The second-order valence-electron chi connectivity index (χ2n) is 5.26. The molecule has 2 rings (SSSR count). The van der Waals surface area contributed by atoms with E-state index >= 15 is 0 Å². The first-order chi connectivity index (χ1) is 8.20. The van der Waals surface area contributed by atoms with Gasteiger partial charge in [-0.2, -0.15) is 0 Å². The van der Waals surface area contributed by atoms with E-state index < -0.39 is 0 Å². The fourth-order valence-corrected chi connectivity index (χ4v) is 2.70. The Labute approximate surface area is 104 Å². The molecule has 2 nitrogen and oxygen atoms in total. The zero-order valence-electron chi connectivity index (χ0n) is 10.7. The first-order valence-corrected chi connectivity index (χ1v) is 6.70. The topological polar surface area (TPSA) is 46.2 Å². The Balaban J connectivity index is 2.10. The average Bonchev–Trinajstić information content (AvgIpc) is 2.38. The van der Waals surface area contributed by atoms with Gasteiger partial charge in [-0.3, -0.25) is 0 Å². The zero-order chi connectivity index (χ0) is 12.3. The number of rotatable bonds is 4. The normalized spacial score (nSPS) is 18.5. The summed E-state index contributed by atoms with van der Waals surface area (Å²) in [7, 11) is 0. The molecule has 0 bridgehead atoms. The molecule has 0 radical (unpaired) electrons. The van der Waals surface area contributed by atoms with E-state index in [2.05, 4.69) is 25.1 Å². The molecule has 1 aliphatic carbocycles. The summed E-state index contributed by atoms with van der Waals surface area (Å²) in [6.07, 6.45) is 5.48. The van der Waals surface area contributed by atoms with Gasteiger partial charge < -0.3 is 10.8 Å². The molecule has 2 unspecified atom stereocenters. The van der Waals surface area contributed by atoms with Gasteiger partial charge in [0.2, 0.25) is 0 Å². The maximum absolute atomic E-state index is 9.60. The maximum atomic E-state index is 9.60. The van der Waals surface area contributed by atoms with Crippen LogP contribution in [0, 0.1) is 0 Å². The molecule has 0 amide bonds. The highest BCUT2D eigenvalue weighted by atomic mass is 16.3. The lowest BCUT2D eigenvalue weighted by molar-refractivity contribution is 0.165. The van der Waals surface area contributed by atoms with Crippen LogP contribution in [-0.2, 0) is 12.8 Å². The second kappa shape index (κ2) is 5.65. The van der Waals surface area contributed by atoms with E-state index in [1.165, 1.54) is 42.4 Å². The van der Waals surface area contributed by atoms with Crippen LogP contribution in [0.1, 0.15) is 48.8 Å². The van der Waals surface area contributed by atoms with Crippen molar-refractivity contribution < 1.29 is 5.11 Å². The molecule has 0 spiro atoms. The fraction of sp³-hybridized carbons (Fsp3) is 0.600. The summed E-state index contributed by atoms with van der Waals surface area (Å²) in [6.45, 7) is 2.53. The van der Waals surface area contributed by atoms with E-state index in [9.17, 15) is 5.11 Å². The number of hydrogen-bond acceptors (Lipinski definition) is 2. The molecule has 1 aromatic rings. The largest absolute Gasteiger partial charge is 0.392 e. The number of aliphatic hydroxyl groups excluding tert-OH is 1. The summed E-state index contributed by atoms with van der Waals surface area (Å²) in [5, 5.41) is 9.60. The summed E-state index contributed by atoms with van der Waals surface area (Å²) in [5.41, 5.74) is 9.84. The van der Waals surface area contributed by atoms with Gasteiger partial charge in [0.1, 0.15) is 0 Å². The first-order valence-electron chi connectivity index (χ1n) is 6.70. The lowest BCUT2D eigenvalue weighted by Gasteiger charge is -2.20. The second-order valence-corrected chi connectivity index (χ2v) is 5.26. The standard InChI is InChI=1S/C15H23NO/c1-11(8-15(17)10-16)13-7-6-12-4-2-3-5-14(12)9-13/h6-7,9,11,15,17H,2-5,8,10,16H2,1H3. The Morgan fingerprint density at radius 3 is 2.65 bits per heavy atom. The van der Waals surface area contributed by atoms with Gasteiger partial charge in [0, 0.05) is 6.54 Å². The van der Waals surface area contributed by atoms with E-state index in [0.717, 1.165) is 6.42 Å². The van der Waals surface area contributed by atoms with Gasteiger partial charge in [0.15, 0.2) is 0 Å².